The van der Waals surface area contributed by atoms with Crippen molar-refractivity contribution in [3.63, 3.8) is 0 Å². The average molecular weight is 255 g/mol. The molecule has 0 aromatic carbocycles. The number of carboxylic acid groups (broad SMARTS) is 1. The summed E-state index contributed by atoms with van der Waals surface area (Å²) in [5.41, 5.74) is 0. The van der Waals surface area contributed by atoms with E-state index in [1.807, 2.05) is 0 Å². The maximum atomic E-state index is 10.4. The molecule has 0 bridgehead atoms. The van der Waals surface area contributed by atoms with Gasteiger partial charge in [-0.1, -0.05) is 6.92 Å². The summed E-state index contributed by atoms with van der Waals surface area (Å²) < 4.78 is 0. The van der Waals surface area contributed by atoms with Gasteiger partial charge in [0.05, 0.1) is 0 Å². The van der Waals surface area contributed by atoms with E-state index in [1.165, 1.54) is 6.92 Å². The van der Waals surface area contributed by atoms with Crippen molar-refractivity contribution < 1.29 is 14.7 Å². The number of carbonyl (C=O) groups is 2. The summed E-state index contributed by atoms with van der Waals surface area (Å²) in [6.45, 7) is 2.97. The van der Waals surface area contributed by atoms with Crippen LogP contribution in [0, 0.1) is 5.92 Å². The molecule has 1 atom stereocenters. The number of rotatable bonds is 3. The molecule has 3 nitrogen and oxygen atoms in total. The minimum absolute atomic E-state index is 0. The molecule has 0 spiro atoms. The van der Waals surface area contributed by atoms with Crippen molar-refractivity contribution in [3.05, 3.63) is 0 Å². The Morgan fingerprint density at radius 2 is 1.90 bits per heavy atom. The second-order valence-corrected chi connectivity index (χ2v) is 1.91. The SMILES string of the molecule is CCC(C(C)=O)C(=O)O.[SbH3]. The monoisotopic (exact) mass is 254 g/mol. The number of carbonyl (C=O) groups excluding carboxylic acids is 1. The molecule has 0 aromatic heterocycles. The Morgan fingerprint density at radius 3 is 1.90 bits per heavy atom. The molecule has 60 valence electrons. The fourth-order valence-corrected chi connectivity index (χ4v) is 0.636. The van der Waals surface area contributed by atoms with Crippen LogP contribution in [0.1, 0.15) is 20.3 Å². The van der Waals surface area contributed by atoms with Crippen molar-refractivity contribution in [2.75, 3.05) is 0 Å². The molecule has 0 heterocycles. The number of aliphatic carboxylic acids is 1. The second-order valence-electron chi connectivity index (χ2n) is 1.91. The van der Waals surface area contributed by atoms with E-state index in [0.717, 1.165) is 0 Å². The number of Topliss-reactive ketones (excluding diaryl/α,β-unsaturated/α-hetero) is 1. The summed E-state index contributed by atoms with van der Waals surface area (Å²) in [5.74, 6) is -2.10. The van der Waals surface area contributed by atoms with Gasteiger partial charge in [0.1, 0.15) is 11.7 Å². The third-order valence-electron chi connectivity index (χ3n) is 1.20. The standard InChI is InChI=1S/C6H10O3.Sb.3H/c1-3-5(4(2)7)6(8)9;;;;/h5H,3H2,1-2H3,(H,8,9);;;;. The average Bonchev–Trinajstić information content (AvgIpc) is 1.64. The molecule has 0 amide bonds. The normalized spacial score (nSPS) is 11.4. The Hall–Kier alpha value is -0.0418. The molecule has 0 fully saturated rings. The fraction of sp³-hybridized carbons (Fsp3) is 0.667. The van der Waals surface area contributed by atoms with Crippen molar-refractivity contribution in [3.8, 4) is 0 Å². The molecule has 0 rings (SSSR count). The van der Waals surface area contributed by atoms with E-state index in [4.69, 9.17) is 5.11 Å². The van der Waals surface area contributed by atoms with Gasteiger partial charge in [0.15, 0.2) is 0 Å². The van der Waals surface area contributed by atoms with Crippen LogP contribution < -0.4 is 0 Å². The molecule has 0 saturated heterocycles. The zero-order valence-corrected chi connectivity index (χ0v) is 10.3. The van der Waals surface area contributed by atoms with Crippen LogP contribution in [-0.4, -0.2) is 41.3 Å². The quantitative estimate of drug-likeness (QED) is 0.546. The van der Waals surface area contributed by atoms with Crippen LogP contribution >= 0.6 is 0 Å². The van der Waals surface area contributed by atoms with Crippen LogP contribution in [0.25, 0.3) is 0 Å². The van der Waals surface area contributed by atoms with Gasteiger partial charge in [-0.25, -0.2) is 0 Å². The van der Waals surface area contributed by atoms with Gasteiger partial charge in [0, 0.05) is 0 Å². The first kappa shape index (κ1) is 12.6. The fourth-order valence-electron chi connectivity index (χ4n) is 0.636. The van der Waals surface area contributed by atoms with Crippen LogP contribution in [0.5, 0.6) is 0 Å². The minimum atomic E-state index is -1.02. The maximum absolute atomic E-state index is 10.4. The predicted octanol–water partition coefficient (Wildman–Crippen LogP) is -0.498. The molecule has 0 saturated carbocycles. The van der Waals surface area contributed by atoms with Gasteiger partial charge in [-0.2, -0.15) is 0 Å². The molecule has 1 unspecified atom stereocenters. The molecule has 10 heavy (non-hydrogen) atoms. The summed E-state index contributed by atoms with van der Waals surface area (Å²) in [6, 6.07) is 0. The zero-order valence-electron chi connectivity index (χ0n) is 6.26. The summed E-state index contributed by atoms with van der Waals surface area (Å²) in [6.07, 6.45) is 0.380. The van der Waals surface area contributed by atoms with Crippen LogP contribution in [-0.2, 0) is 9.59 Å². The van der Waals surface area contributed by atoms with Gasteiger partial charge in [0.25, 0.3) is 0 Å². The Labute approximate surface area is 77.3 Å². The third-order valence-corrected chi connectivity index (χ3v) is 1.20. The topological polar surface area (TPSA) is 54.4 Å². The van der Waals surface area contributed by atoms with Crippen molar-refractivity contribution >= 4 is 36.2 Å². The molecular formula is C6H13O3Sb. The van der Waals surface area contributed by atoms with E-state index in [-0.39, 0.29) is 30.2 Å². The summed E-state index contributed by atoms with van der Waals surface area (Å²) in [7, 11) is 0. The van der Waals surface area contributed by atoms with Gasteiger partial charge in [-0.05, 0) is 13.3 Å². The predicted molar refractivity (Wildman–Crippen MR) is 42.0 cm³/mol. The molecule has 1 N–H and O–H groups in total. The molecular weight excluding hydrogens is 242 g/mol. The van der Waals surface area contributed by atoms with Crippen LogP contribution in [0.3, 0.4) is 0 Å². The zero-order chi connectivity index (χ0) is 7.44. The summed E-state index contributed by atoms with van der Waals surface area (Å²) >= 11 is 0. The summed E-state index contributed by atoms with van der Waals surface area (Å²) in [5, 5.41) is 8.32. The van der Waals surface area contributed by atoms with Crippen molar-refractivity contribution in [1.29, 1.82) is 0 Å². The van der Waals surface area contributed by atoms with Crippen LogP contribution in [0.4, 0.5) is 0 Å². The molecule has 0 aromatic rings. The van der Waals surface area contributed by atoms with Gasteiger partial charge < -0.3 is 5.11 Å². The number of hydrogen-bond donors (Lipinski definition) is 1. The third kappa shape index (κ3) is 3.89. The first-order valence-electron chi connectivity index (χ1n) is 2.82. The molecule has 4 heteroatoms. The number of ketones is 1. The molecule has 0 radical (unpaired) electrons. The van der Waals surface area contributed by atoms with E-state index in [2.05, 4.69) is 0 Å². The van der Waals surface area contributed by atoms with Crippen molar-refractivity contribution in [1.82, 2.24) is 0 Å². The molecule has 0 aliphatic carbocycles. The number of hydrogen-bond acceptors (Lipinski definition) is 2. The first-order valence-corrected chi connectivity index (χ1v) is 2.82. The van der Waals surface area contributed by atoms with E-state index < -0.39 is 11.9 Å². The van der Waals surface area contributed by atoms with E-state index >= 15 is 0 Å². The van der Waals surface area contributed by atoms with E-state index in [0.29, 0.717) is 6.42 Å². The van der Waals surface area contributed by atoms with E-state index in [9.17, 15) is 9.59 Å². The van der Waals surface area contributed by atoms with E-state index in [1.54, 1.807) is 6.92 Å². The van der Waals surface area contributed by atoms with Crippen LogP contribution in [0.2, 0.25) is 0 Å². The second kappa shape index (κ2) is 5.72. The van der Waals surface area contributed by atoms with Crippen molar-refractivity contribution in [2.45, 2.75) is 20.3 Å². The summed E-state index contributed by atoms with van der Waals surface area (Å²) in [4.78, 5) is 20.6. The van der Waals surface area contributed by atoms with Gasteiger partial charge in [-0.3, -0.25) is 9.59 Å². The Kier molecular flexibility index (Phi) is 7.22. The van der Waals surface area contributed by atoms with Crippen molar-refractivity contribution in [2.24, 2.45) is 5.92 Å². The Bertz CT molecular complexity index is 119. The van der Waals surface area contributed by atoms with Crippen LogP contribution in [0.15, 0.2) is 0 Å². The molecule has 0 aliphatic rings. The number of carboxylic acids is 1. The Balaban J connectivity index is 0. The van der Waals surface area contributed by atoms with Gasteiger partial charge in [-0.15, -0.1) is 0 Å². The van der Waals surface area contributed by atoms with Gasteiger partial charge in [0.2, 0.25) is 0 Å². The van der Waals surface area contributed by atoms with Gasteiger partial charge >= 0.3 is 30.4 Å². The Morgan fingerprint density at radius 1 is 1.50 bits per heavy atom. The molecule has 0 aliphatic heterocycles. The first-order chi connectivity index (χ1) is 4.09.